The van der Waals surface area contributed by atoms with E-state index in [2.05, 4.69) is 10.3 Å². The van der Waals surface area contributed by atoms with Crippen LogP contribution in [-0.4, -0.2) is 62.2 Å². The van der Waals surface area contributed by atoms with Gasteiger partial charge in [0.1, 0.15) is 11.4 Å². The third-order valence-corrected chi connectivity index (χ3v) is 6.32. The molecule has 1 aromatic heterocycles. The van der Waals surface area contributed by atoms with Crippen LogP contribution in [0.25, 0.3) is 5.57 Å². The Labute approximate surface area is 214 Å². The standard InChI is InChI=1S/C26H30N4O7/c1-14(31)20-19-10-17(15-7-6-8-16(9-15)28-22(32)18-11-29(5)12-27-18)21(30(19)23(20)33)24(34)36-13-37-25(35)26(2,3)4/h6-9,11-12,14,19-20,31H,10,13H2,1-5H3,(H,28,32)/t14-,19-,20-/m1/s1. The minimum Gasteiger partial charge on any atom is -0.427 e. The highest BCUT2D eigenvalue weighted by atomic mass is 16.7. The molecule has 0 aliphatic carbocycles. The van der Waals surface area contributed by atoms with E-state index in [1.54, 1.807) is 62.8 Å². The van der Waals surface area contributed by atoms with Gasteiger partial charge in [-0.15, -0.1) is 0 Å². The molecule has 196 valence electrons. The number of amides is 2. The van der Waals surface area contributed by atoms with Gasteiger partial charge in [0.05, 0.1) is 29.8 Å². The number of aromatic nitrogens is 2. The third-order valence-electron chi connectivity index (χ3n) is 6.32. The second-order valence-corrected chi connectivity index (χ2v) is 10.3. The molecule has 3 heterocycles. The Morgan fingerprint density at radius 3 is 2.59 bits per heavy atom. The quantitative estimate of drug-likeness (QED) is 0.328. The molecule has 0 unspecified atom stereocenters. The zero-order chi connectivity index (χ0) is 27.1. The summed E-state index contributed by atoms with van der Waals surface area (Å²) in [5.41, 5.74) is 1.11. The molecule has 2 aromatic rings. The lowest BCUT2D eigenvalue weighted by Gasteiger charge is -2.44. The molecular weight excluding hydrogens is 480 g/mol. The first kappa shape index (κ1) is 26.1. The number of benzene rings is 1. The molecule has 37 heavy (non-hydrogen) atoms. The van der Waals surface area contributed by atoms with Crippen LogP contribution in [0.2, 0.25) is 0 Å². The average Bonchev–Trinajstić information content (AvgIpc) is 3.40. The Kier molecular flexibility index (Phi) is 6.92. The van der Waals surface area contributed by atoms with Gasteiger partial charge in [-0.05, 0) is 57.4 Å². The number of hydrogen-bond donors (Lipinski definition) is 2. The van der Waals surface area contributed by atoms with E-state index in [0.29, 0.717) is 23.2 Å². The van der Waals surface area contributed by atoms with Gasteiger partial charge in [0.15, 0.2) is 0 Å². The first-order valence-electron chi connectivity index (χ1n) is 11.9. The van der Waals surface area contributed by atoms with E-state index >= 15 is 0 Å². The Balaban J connectivity index is 1.59. The molecule has 0 saturated carbocycles. The molecule has 3 atom stereocenters. The van der Waals surface area contributed by atoms with Crippen molar-refractivity contribution >= 4 is 35.0 Å². The van der Waals surface area contributed by atoms with E-state index in [1.165, 1.54) is 18.2 Å². The van der Waals surface area contributed by atoms with Crippen LogP contribution >= 0.6 is 0 Å². The number of carbonyl (C=O) groups is 4. The highest BCUT2D eigenvalue weighted by molar-refractivity contribution is 6.07. The van der Waals surface area contributed by atoms with Crippen molar-refractivity contribution in [2.75, 3.05) is 12.1 Å². The number of imidazole rings is 1. The van der Waals surface area contributed by atoms with E-state index in [0.717, 1.165) is 0 Å². The summed E-state index contributed by atoms with van der Waals surface area (Å²) in [4.78, 5) is 55.9. The minimum absolute atomic E-state index is 0.0342. The number of β-lactam (4-membered cyclic amide) rings is 1. The van der Waals surface area contributed by atoms with Crippen molar-refractivity contribution < 1.29 is 33.8 Å². The SMILES string of the molecule is C[C@@H](O)[C@H]1C(=O)N2C(C(=O)OCOC(=O)C(C)(C)C)=C(c3cccc(NC(=O)c4cn(C)cn4)c3)C[C@H]12. The van der Waals surface area contributed by atoms with Crippen LogP contribution < -0.4 is 5.32 Å². The summed E-state index contributed by atoms with van der Waals surface area (Å²) < 4.78 is 11.9. The topological polar surface area (TPSA) is 140 Å². The van der Waals surface area contributed by atoms with Crippen molar-refractivity contribution in [1.82, 2.24) is 14.5 Å². The number of esters is 2. The van der Waals surface area contributed by atoms with E-state index in [4.69, 9.17) is 9.47 Å². The summed E-state index contributed by atoms with van der Waals surface area (Å²) in [5.74, 6) is -2.78. The lowest BCUT2D eigenvalue weighted by molar-refractivity contribution is -0.175. The number of aliphatic hydroxyl groups excluding tert-OH is 1. The van der Waals surface area contributed by atoms with Crippen LogP contribution in [0.4, 0.5) is 5.69 Å². The minimum atomic E-state index is -0.887. The van der Waals surface area contributed by atoms with E-state index < -0.39 is 48.1 Å². The van der Waals surface area contributed by atoms with Crippen LogP contribution in [0, 0.1) is 11.3 Å². The van der Waals surface area contributed by atoms with Gasteiger partial charge in [-0.2, -0.15) is 0 Å². The highest BCUT2D eigenvalue weighted by Crippen LogP contribution is 2.47. The Morgan fingerprint density at radius 2 is 1.97 bits per heavy atom. The van der Waals surface area contributed by atoms with E-state index in [1.807, 2.05) is 0 Å². The molecule has 11 nitrogen and oxygen atoms in total. The molecule has 2 aliphatic rings. The predicted octanol–water partition coefficient (Wildman–Crippen LogP) is 2.08. The molecule has 1 aromatic carbocycles. The fourth-order valence-corrected chi connectivity index (χ4v) is 4.45. The van der Waals surface area contributed by atoms with Crippen molar-refractivity contribution in [2.24, 2.45) is 18.4 Å². The number of nitrogens with one attached hydrogen (secondary N) is 1. The van der Waals surface area contributed by atoms with E-state index in [9.17, 15) is 24.3 Å². The number of rotatable bonds is 7. The molecule has 2 N–H and O–H groups in total. The second-order valence-electron chi connectivity index (χ2n) is 10.3. The molecule has 0 bridgehead atoms. The normalized spacial score (nSPS) is 19.7. The molecule has 1 saturated heterocycles. The molecule has 0 spiro atoms. The second kappa shape index (κ2) is 9.81. The zero-order valence-electron chi connectivity index (χ0n) is 21.3. The number of anilines is 1. The predicted molar refractivity (Wildman–Crippen MR) is 131 cm³/mol. The van der Waals surface area contributed by atoms with Crippen LogP contribution in [0.15, 0.2) is 42.5 Å². The van der Waals surface area contributed by atoms with E-state index in [-0.39, 0.29) is 17.3 Å². The van der Waals surface area contributed by atoms with Gasteiger partial charge in [0, 0.05) is 18.9 Å². The lowest BCUT2D eigenvalue weighted by Crippen LogP contribution is -2.61. The monoisotopic (exact) mass is 510 g/mol. The summed E-state index contributed by atoms with van der Waals surface area (Å²) in [7, 11) is 1.76. The fraction of sp³-hybridized carbons (Fsp3) is 0.423. The molecule has 0 radical (unpaired) electrons. The van der Waals surface area contributed by atoms with Gasteiger partial charge in [-0.3, -0.25) is 14.4 Å². The summed E-state index contributed by atoms with van der Waals surface area (Å²) >= 11 is 0. The molecular formula is C26H30N4O7. The Morgan fingerprint density at radius 1 is 1.24 bits per heavy atom. The van der Waals surface area contributed by atoms with Crippen molar-refractivity contribution in [3.63, 3.8) is 0 Å². The molecule has 4 rings (SSSR count). The number of nitrogens with zero attached hydrogens (tertiary/aromatic N) is 3. The number of carbonyl (C=O) groups excluding carboxylic acids is 4. The Hall–Kier alpha value is -3.99. The lowest BCUT2D eigenvalue weighted by atomic mass is 9.82. The molecule has 2 aliphatic heterocycles. The Bertz CT molecular complexity index is 1290. The smallest absolute Gasteiger partial charge is 0.358 e. The molecule has 11 heteroatoms. The van der Waals surface area contributed by atoms with Crippen LogP contribution in [-0.2, 0) is 30.9 Å². The van der Waals surface area contributed by atoms with Crippen molar-refractivity contribution in [3.05, 3.63) is 53.7 Å². The van der Waals surface area contributed by atoms with Gasteiger partial charge in [-0.1, -0.05) is 12.1 Å². The summed E-state index contributed by atoms with van der Waals surface area (Å²) in [6, 6.07) is 6.45. The average molecular weight is 511 g/mol. The summed E-state index contributed by atoms with van der Waals surface area (Å²) in [5, 5.41) is 12.9. The van der Waals surface area contributed by atoms with Gasteiger partial charge in [-0.25, -0.2) is 9.78 Å². The fourth-order valence-electron chi connectivity index (χ4n) is 4.45. The van der Waals surface area contributed by atoms with Gasteiger partial charge in [0.25, 0.3) is 5.91 Å². The maximum atomic E-state index is 13.1. The maximum absolute atomic E-state index is 13.1. The first-order valence-corrected chi connectivity index (χ1v) is 11.9. The molecule has 2 amide bonds. The largest absolute Gasteiger partial charge is 0.427 e. The molecule has 1 fully saturated rings. The van der Waals surface area contributed by atoms with Gasteiger partial charge in [0.2, 0.25) is 12.7 Å². The van der Waals surface area contributed by atoms with Crippen molar-refractivity contribution in [1.29, 1.82) is 0 Å². The van der Waals surface area contributed by atoms with Crippen LogP contribution in [0.3, 0.4) is 0 Å². The number of hydrogen-bond acceptors (Lipinski definition) is 8. The number of aliphatic hydroxyl groups is 1. The summed E-state index contributed by atoms with van der Waals surface area (Å²) in [6.45, 7) is 5.96. The highest BCUT2D eigenvalue weighted by Gasteiger charge is 2.57. The van der Waals surface area contributed by atoms with Gasteiger partial charge >= 0.3 is 11.9 Å². The number of ether oxygens (including phenoxy) is 2. The van der Waals surface area contributed by atoms with Crippen LogP contribution in [0.1, 0.15) is 50.2 Å². The first-order chi connectivity index (χ1) is 17.4. The maximum Gasteiger partial charge on any atom is 0.358 e. The zero-order valence-corrected chi connectivity index (χ0v) is 21.3. The van der Waals surface area contributed by atoms with Crippen molar-refractivity contribution in [3.8, 4) is 0 Å². The number of fused-ring (bicyclic) bond motifs is 1. The third kappa shape index (κ3) is 5.12. The van der Waals surface area contributed by atoms with Crippen molar-refractivity contribution in [2.45, 2.75) is 46.3 Å². The van der Waals surface area contributed by atoms with Gasteiger partial charge < -0.3 is 29.4 Å². The number of aryl methyl sites for hydroxylation is 1. The van der Waals surface area contributed by atoms with Crippen LogP contribution in [0.5, 0.6) is 0 Å². The summed E-state index contributed by atoms with van der Waals surface area (Å²) in [6.07, 6.45) is 2.53.